The van der Waals surface area contributed by atoms with Crippen LogP contribution in [-0.2, 0) is 21.3 Å². The second-order valence-electron chi connectivity index (χ2n) is 8.80. The number of nitrogens with zero attached hydrogens (tertiary/aromatic N) is 3. The van der Waals surface area contributed by atoms with E-state index in [1.54, 1.807) is 19.2 Å². The largest absolute Gasteiger partial charge is 0.495 e. The normalized spacial score (nSPS) is 19.7. The fourth-order valence-corrected chi connectivity index (χ4v) is 6.33. The summed E-state index contributed by atoms with van der Waals surface area (Å²) < 4.78 is 32.9. The molecule has 3 heterocycles. The monoisotopic (exact) mass is 502 g/mol. The van der Waals surface area contributed by atoms with Gasteiger partial charge in [0, 0.05) is 44.8 Å². The maximum Gasteiger partial charge on any atom is 0.335 e. The molecule has 0 saturated carbocycles. The first-order valence-corrected chi connectivity index (χ1v) is 13.3. The molecule has 10 nitrogen and oxygen atoms in total. The predicted octanol–water partition coefficient (Wildman–Crippen LogP) is 2.70. The number of hydrogen-bond acceptors (Lipinski definition) is 8. The third-order valence-corrected chi connectivity index (χ3v) is 8.50. The maximum absolute atomic E-state index is 13.3. The molecule has 0 aliphatic carbocycles. The first-order valence-electron chi connectivity index (χ1n) is 11.9. The molecule has 2 aromatic rings. The molecule has 1 saturated heterocycles. The molecule has 3 aliphatic heterocycles. The highest BCUT2D eigenvalue weighted by atomic mass is 32.2. The number of aryl methyl sites for hydroxylation is 1. The fraction of sp³-hybridized carbons (Fsp3) is 0.458. The van der Waals surface area contributed by atoms with Crippen molar-refractivity contribution in [2.75, 3.05) is 63.2 Å². The average Bonchev–Trinajstić information content (AvgIpc) is 3.12. The summed E-state index contributed by atoms with van der Waals surface area (Å²) in [5.41, 5.74) is 2.06. The van der Waals surface area contributed by atoms with Crippen LogP contribution in [0.4, 0.5) is 16.2 Å². The lowest BCUT2D eigenvalue weighted by Gasteiger charge is -2.37. The van der Waals surface area contributed by atoms with Gasteiger partial charge >= 0.3 is 6.03 Å². The van der Waals surface area contributed by atoms with Crippen molar-refractivity contribution in [1.29, 1.82) is 0 Å². The predicted molar refractivity (Wildman–Crippen MR) is 131 cm³/mol. The molecule has 0 aromatic heterocycles. The number of fused-ring (bicyclic) bond motifs is 3. The number of methoxy groups -OCH3 is 1. The van der Waals surface area contributed by atoms with E-state index in [1.165, 1.54) is 0 Å². The molecule has 0 spiro atoms. The van der Waals surface area contributed by atoms with Crippen molar-refractivity contribution < 1.29 is 27.7 Å². The van der Waals surface area contributed by atoms with E-state index in [1.807, 2.05) is 18.2 Å². The lowest BCUT2D eigenvalue weighted by atomic mass is 10.1. The van der Waals surface area contributed by atoms with Crippen LogP contribution in [0.3, 0.4) is 0 Å². The Kier molecular flexibility index (Phi) is 6.72. The quantitative estimate of drug-likeness (QED) is 0.602. The Morgan fingerprint density at radius 1 is 1.06 bits per heavy atom. The van der Waals surface area contributed by atoms with Crippen LogP contribution in [0.15, 0.2) is 41.3 Å². The van der Waals surface area contributed by atoms with Gasteiger partial charge in [0.05, 0.1) is 19.4 Å². The van der Waals surface area contributed by atoms with E-state index >= 15 is 0 Å². The molecule has 3 aliphatic rings. The van der Waals surface area contributed by atoms with Gasteiger partial charge in [-0.3, -0.25) is 4.90 Å². The molecule has 0 unspecified atom stereocenters. The number of sulfonamides is 1. The molecule has 0 bridgehead atoms. The minimum Gasteiger partial charge on any atom is -0.495 e. The van der Waals surface area contributed by atoms with Crippen molar-refractivity contribution in [1.82, 2.24) is 9.21 Å². The fourth-order valence-electron chi connectivity index (χ4n) is 4.82. The minimum atomic E-state index is -3.99. The summed E-state index contributed by atoms with van der Waals surface area (Å²) >= 11 is 0. The van der Waals surface area contributed by atoms with Crippen LogP contribution >= 0.6 is 0 Å². The van der Waals surface area contributed by atoms with Gasteiger partial charge in [0.2, 0.25) is 0 Å². The Balaban J connectivity index is 1.20. The topological polar surface area (TPSA) is 101 Å². The number of benzene rings is 2. The zero-order chi connectivity index (χ0) is 24.4. The van der Waals surface area contributed by atoms with Gasteiger partial charge in [-0.15, -0.1) is 0 Å². The number of carbonyl (C=O) groups excluding carboxylic acids is 1. The zero-order valence-corrected chi connectivity index (χ0v) is 20.6. The van der Waals surface area contributed by atoms with Gasteiger partial charge in [0.25, 0.3) is 10.0 Å². The molecule has 2 aromatic carbocycles. The number of carbonyl (C=O) groups is 1. The number of amides is 2. The smallest absolute Gasteiger partial charge is 0.335 e. The van der Waals surface area contributed by atoms with Crippen LogP contribution in [0, 0.1) is 0 Å². The van der Waals surface area contributed by atoms with E-state index < -0.39 is 16.1 Å². The molecule has 188 valence electrons. The lowest BCUT2D eigenvalue weighted by Crippen LogP contribution is -2.48. The highest BCUT2D eigenvalue weighted by Gasteiger charge is 2.39. The maximum atomic E-state index is 13.3. The number of nitrogens with one attached hydrogen (secondary N) is 1. The molecule has 5 rings (SSSR count). The van der Waals surface area contributed by atoms with E-state index in [4.69, 9.17) is 14.5 Å². The Hall–Kier alpha value is -3.02. The van der Waals surface area contributed by atoms with Gasteiger partial charge in [-0.2, -0.15) is 4.89 Å². The van der Waals surface area contributed by atoms with Gasteiger partial charge in [0.1, 0.15) is 16.3 Å². The first-order chi connectivity index (χ1) is 17.0. The molecule has 2 amide bonds. The van der Waals surface area contributed by atoms with Crippen LogP contribution in [-0.4, -0.2) is 76.6 Å². The highest BCUT2D eigenvalue weighted by Crippen LogP contribution is 2.41. The van der Waals surface area contributed by atoms with Gasteiger partial charge in [0.15, 0.2) is 5.75 Å². The molecule has 0 radical (unpaired) electrons. The molecule has 35 heavy (non-hydrogen) atoms. The van der Waals surface area contributed by atoms with Crippen LogP contribution in [0.2, 0.25) is 0 Å². The Morgan fingerprint density at radius 3 is 2.66 bits per heavy atom. The molecular weight excluding hydrogens is 472 g/mol. The SMILES string of the molecule is COc1ccccc1N1CCN(CCCN2C(=O)Nc3c(ccc4c3OOCCC4)S2(=O)=O)CC1. The van der Waals surface area contributed by atoms with Crippen molar-refractivity contribution in [3.8, 4) is 11.5 Å². The molecule has 1 N–H and O–H groups in total. The highest BCUT2D eigenvalue weighted by molar-refractivity contribution is 7.90. The standard InChI is InChI=1S/C24H30N4O6S/c1-32-20-8-3-2-7-19(20)27-15-13-26(14-16-27)11-5-12-28-24(29)25-22-21(35(28,30)31)10-9-18-6-4-17-33-34-23(18)22/h2-3,7-10H,4-6,11-17H2,1H3,(H,25,29). The van der Waals surface area contributed by atoms with Crippen LogP contribution in [0.1, 0.15) is 18.4 Å². The summed E-state index contributed by atoms with van der Waals surface area (Å²) in [5, 5.41) is 2.72. The number of urea groups is 1. The van der Waals surface area contributed by atoms with E-state index in [9.17, 15) is 13.2 Å². The summed E-state index contributed by atoms with van der Waals surface area (Å²) in [7, 11) is -2.31. The van der Waals surface area contributed by atoms with Crippen molar-refractivity contribution >= 4 is 27.4 Å². The molecule has 1 fully saturated rings. The van der Waals surface area contributed by atoms with E-state index in [0.29, 0.717) is 26.0 Å². The summed E-state index contributed by atoms with van der Waals surface area (Å²) in [4.78, 5) is 27.9. The van der Waals surface area contributed by atoms with Crippen molar-refractivity contribution in [2.24, 2.45) is 0 Å². The second kappa shape index (κ2) is 9.92. The lowest BCUT2D eigenvalue weighted by molar-refractivity contribution is -0.203. The zero-order valence-electron chi connectivity index (χ0n) is 19.7. The van der Waals surface area contributed by atoms with Crippen molar-refractivity contribution in [3.63, 3.8) is 0 Å². The molecule has 0 atom stereocenters. The second-order valence-corrected chi connectivity index (χ2v) is 10.6. The number of rotatable bonds is 6. The van der Waals surface area contributed by atoms with Crippen LogP contribution < -0.4 is 19.8 Å². The summed E-state index contributed by atoms with van der Waals surface area (Å²) in [6, 6.07) is 10.6. The van der Waals surface area contributed by atoms with Gasteiger partial charge in [-0.05, 0) is 37.5 Å². The Bertz CT molecular complexity index is 1200. The van der Waals surface area contributed by atoms with E-state index in [2.05, 4.69) is 21.2 Å². The van der Waals surface area contributed by atoms with Crippen molar-refractivity contribution in [3.05, 3.63) is 42.0 Å². The first kappa shape index (κ1) is 23.7. The summed E-state index contributed by atoms with van der Waals surface area (Å²) in [5.74, 6) is 1.14. The van der Waals surface area contributed by atoms with Gasteiger partial charge in [-0.1, -0.05) is 18.2 Å². The third kappa shape index (κ3) is 4.63. The number of anilines is 2. The van der Waals surface area contributed by atoms with Gasteiger partial charge < -0.3 is 19.8 Å². The van der Waals surface area contributed by atoms with Crippen LogP contribution in [0.25, 0.3) is 0 Å². The Morgan fingerprint density at radius 2 is 1.86 bits per heavy atom. The molecule has 11 heteroatoms. The number of piperazine rings is 1. The van der Waals surface area contributed by atoms with Gasteiger partial charge in [-0.25, -0.2) is 17.5 Å². The number of hydrogen-bond donors (Lipinski definition) is 1. The average molecular weight is 503 g/mol. The summed E-state index contributed by atoms with van der Waals surface area (Å²) in [6.07, 6.45) is 1.99. The summed E-state index contributed by atoms with van der Waals surface area (Å²) in [6.45, 7) is 4.62. The van der Waals surface area contributed by atoms with Crippen molar-refractivity contribution in [2.45, 2.75) is 24.2 Å². The van der Waals surface area contributed by atoms with Crippen LogP contribution in [0.5, 0.6) is 11.5 Å². The van der Waals surface area contributed by atoms with E-state index in [0.717, 1.165) is 53.9 Å². The minimum absolute atomic E-state index is 0.0340. The number of para-hydroxylation sites is 2. The van der Waals surface area contributed by atoms with E-state index in [-0.39, 0.29) is 22.9 Å². The molecular formula is C24H30N4O6S. The Labute approximate surface area is 205 Å². The number of ether oxygens (including phenoxy) is 1. The third-order valence-electron chi connectivity index (χ3n) is 6.68.